The Labute approximate surface area is 144 Å². The van der Waals surface area contributed by atoms with Crippen molar-refractivity contribution >= 4 is 23.4 Å². The number of carbonyl (C=O) groups is 1. The molecule has 1 aromatic carbocycles. The van der Waals surface area contributed by atoms with Gasteiger partial charge in [-0.25, -0.2) is 0 Å². The first-order chi connectivity index (χ1) is 11.7. The number of nitrogens with one attached hydrogen (secondary N) is 1. The predicted octanol–water partition coefficient (Wildman–Crippen LogP) is 3.72. The van der Waals surface area contributed by atoms with E-state index in [1.807, 2.05) is 6.07 Å². The fourth-order valence-electron chi connectivity index (χ4n) is 2.75. The summed E-state index contributed by atoms with van der Waals surface area (Å²) >= 11 is 1.24. The molecule has 124 valence electrons. The van der Waals surface area contributed by atoms with Crippen LogP contribution in [0.2, 0.25) is 0 Å². The molecule has 1 amide bonds. The molecule has 1 aliphatic carbocycles. The van der Waals surface area contributed by atoms with Crippen molar-refractivity contribution in [1.29, 1.82) is 5.26 Å². The highest BCUT2D eigenvalue weighted by Crippen LogP contribution is 2.32. The maximum atomic E-state index is 12.0. The molecule has 0 aliphatic heterocycles. The van der Waals surface area contributed by atoms with Crippen LogP contribution in [-0.4, -0.2) is 21.9 Å². The number of carbonyl (C=O) groups excluding carboxylic acids is 1. The molecular weight excluding hydrogens is 324 g/mol. The van der Waals surface area contributed by atoms with Gasteiger partial charge in [0.1, 0.15) is 0 Å². The van der Waals surface area contributed by atoms with Crippen LogP contribution in [-0.2, 0) is 4.79 Å². The molecule has 0 radical (unpaired) electrons. The van der Waals surface area contributed by atoms with Gasteiger partial charge in [-0.3, -0.25) is 4.79 Å². The summed E-state index contributed by atoms with van der Waals surface area (Å²) in [6.45, 7) is 0. The summed E-state index contributed by atoms with van der Waals surface area (Å²) < 4.78 is 5.68. The topological polar surface area (TPSA) is 91.8 Å². The summed E-state index contributed by atoms with van der Waals surface area (Å²) in [5.74, 6) is 1.12. The van der Waals surface area contributed by atoms with Gasteiger partial charge in [0, 0.05) is 11.6 Å². The Morgan fingerprint density at radius 3 is 2.71 bits per heavy atom. The number of hydrogen-bond donors (Lipinski definition) is 1. The van der Waals surface area contributed by atoms with E-state index in [1.165, 1.54) is 31.0 Å². The van der Waals surface area contributed by atoms with Crippen LogP contribution < -0.4 is 5.32 Å². The van der Waals surface area contributed by atoms with E-state index in [4.69, 9.17) is 9.68 Å². The van der Waals surface area contributed by atoms with Crippen molar-refractivity contribution in [2.45, 2.75) is 43.2 Å². The zero-order valence-corrected chi connectivity index (χ0v) is 14.0. The number of anilines is 1. The SMILES string of the molecule is N#Cc1ccc(NC(=O)CSc2nnc(C3CCCCC3)o2)cc1. The molecule has 0 atom stereocenters. The van der Waals surface area contributed by atoms with Gasteiger partial charge < -0.3 is 9.73 Å². The highest BCUT2D eigenvalue weighted by atomic mass is 32.2. The monoisotopic (exact) mass is 342 g/mol. The van der Waals surface area contributed by atoms with Crippen LogP contribution in [0.15, 0.2) is 33.9 Å². The molecule has 24 heavy (non-hydrogen) atoms. The highest BCUT2D eigenvalue weighted by Gasteiger charge is 2.21. The molecule has 1 aliphatic rings. The third-order valence-corrected chi connectivity index (χ3v) is 4.82. The molecule has 3 rings (SSSR count). The number of nitriles is 1. The Kier molecular flexibility index (Phi) is 5.49. The zero-order chi connectivity index (χ0) is 16.8. The Morgan fingerprint density at radius 1 is 1.25 bits per heavy atom. The molecule has 1 fully saturated rings. The van der Waals surface area contributed by atoms with Crippen molar-refractivity contribution in [3.63, 3.8) is 0 Å². The minimum Gasteiger partial charge on any atom is -0.416 e. The van der Waals surface area contributed by atoms with Crippen molar-refractivity contribution in [3.05, 3.63) is 35.7 Å². The fourth-order valence-corrected chi connectivity index (χ4v) is 3.32. The third kappa shape index (κ3) is 4.36. The van der Waals surface area contributed by atoms with Crippen LogP contribution in [0.25, 0.3) is 0 Å². The number of benzene rings is 1. The molecule has 1 heterocycles. The second kappa shape index (κ2) is 7.97. The van der Waals surface area contributed by atoms with Gasteiger partial charge in [-0.2, -0.15) is 5.26 Å². The average Bonchev–Trinajstić information content (AvgIpc) is 3.10. The molecular formula is C17H18N4O2S. The van der Waals surface area contributed by atoms with E-state index in [0.29, 0.717) is 28.3 Å². The molecule has 0 unspecified atom stereocenters. The van der Waals surface area contributed by atoms with E-state index in [-0.39, 0.29) is 11.7 Å². The van der Waals surface area contributed by atoms with E-state index in [9.17, 15) is 4.79 Å². The summed E-state index contributed by atoms with van der Waals surface area (Å²) in [6, 6.07) is 8.77. The van der Waals surface area contributed by atoms with Crippen LogP contribution in [0.4, 0.5) is 5.69 Å². The summed E-state index contributed by atoms with van der Waals surface area (Å²) in [6.07, 6.45) is 5.91. The second-order valence-corrected chi connectivity index (χ2v) is 6.69. The molecule has 7 heteroatoms. The second-order valence-electron chi connectivity index (χ2n) is 5.77. The summed E-state index contributed by atoms with van der Waals surface area (Å²) in [7, 11) is 0. The van der Waals surface area contributed by atoms with Crippen molar-refractivity contribution in [3.8, 4) is 6.07 Å². The van der Waals surface area contributed by atoms with E-state index >= 15 is 0 Å². The number of amides is 1. The first kappa shape index (κ1) is 16.5. The van der Waals surface area contributed by atoms with Gasteiger partial charge in [-0.15, -0.1) is 10.2 Å². The molecule has 1 N–H and O–H groups in total. The smallest absolute Gasteiger partial charge is 0.277 e. The van der Waals surface area contributed by atoms with Gasteiger partial charge in [0.05, 0.1) is 17.4 Å². The molecule has 0 spiro atoms. The van der Waals surface area contributed by atoms with E-state index in [1.54, 1.807) is 24.3 Å². The molecule has 0 saturated heterocycles. The standard InChI is InChI=1S/C17H18N4O2S/c18-10-12-6-8-14(9-7-12)19-15(22)11-24-17-21-20-16(23-17)13-4-2-1-3-5-13/h6-9,13H,1-5,11H2,(H,19,22). The first-order valence-corrected chi connectivity index (χ1v) is 8.99. The quantitative estimate of drug-likeness (QED) is 0.833. The number of nitrogens with zero attached hydrogens (tertiary/aromatic N) is 3. The van der Waals surface area contributed by atoms with Gasteiger partial charge in [0.25, 0.3) is 5.22 Å². The van der Waals surface area contributed by atoms with Crippen LogP contribution in [0, 0.1) is 11.3 Å². The van der Waals surface area contributed by atoms with Gasteiger partial charge in [0.15, 0.2) is 0 Å². The Bertz CT molecular complexity index is 730. The number of thioether (sulfide) groups is 1. The lowest BCUT2D eigenvalue weighted by Gasteiger charge is -2.17. The lowest BCUT2D eigenvalue weighted by molar-refractivity contribution is -0.113. The minimum atomic E-state index is -0.151. The number of aromatic nitrogens is 2. The minimum absolute atomic E-state index is 0.151. The molecule has 0 bridgehead atoms. The van der Waals surface area contributed by atoms with Crippen LogP contribution in [0.3, 0.4) is 0 Å². The van der Waals surface area contributed by atoms with Gasteiger partial charge >= 0.3 is 0 Å². The summed E-state index contributed by atoms with van der Waals surface area (Å²) in [5, 5.41) is 20.1. The summed E-state index contributed by atoms with van der Waals surface area (Å²) in [4.78, 5) is 12.0. The Morgan fingerprint density at radius 2 is 2.00 bits per heavy atom. The van der Waals surface area contributed by atoms with Crippen LogP contribution >= 0.6 is 11.8 Å². The Balaban J connectivity index is 1.49. The number of rotatable bonds is 5. The zero-order valence-electron chi connectivity index (χ0n) is 13.2. The summed E-state index contributed by atoms with van der Waals surface area (Å²) in [5.41, 5.74) is 1.22. The van der Waals surface area contributed by atoms with Crippen LogP contribution in [0.1, 0.15) is 49.5 Å². The normalized spacial score (nSPS) is 15.0. The van der Waals surface area contributed by atoms with Gasteiger partial charge in [0.2, 0.25) is 11.8 Å². The maximum Gasteiger partial charge on any atom is 0.277 e. The average molecular weight is 342 g/mol. The Hall–Kier alpha value is -2.33. The third-order valence-electron chi connectivity index (χ3n) is 4.00. The lowest BCUT2D eigenvalue weighted by atomic mass is 9.89. The molecule has 1 aromatic heterocycles. The van der Waals surface area contributed by atoms with Crippen molar-refractivity contribution in [1.82, 2.24) is 10.2 Å². The van der Waals surface area contributed by atoms with Crippen molar-refractivity contribution in [2.24, 2.45) is 0 Å². The van der Waals surface area contributed by atoms with Crippen molar-refractivity contribution < 1.29 is 9.21 Å². The number of hydrogen-bond acceptors (Lipinski definition) is 6. The van der Waals surface area contributed by atoms with E-state index < -0.39 is 0 Å². The highest BCUT2D eigenvalue weighted by molar-refractivity contribution is 7.99. The van der Waals surface area contributed by atoms with Gasteiger partial charge in [-0.1, -0.05) is 31.0 Å². The first-order valence-electron chi connectivity index (χ1n) is 8.01. The van der Waals surface area contributed by atoms with Gasteiger partial charge in [-0.05, 0) is 37.1 Å². The fraction of sp³-hybridized carbons (Fsp3) is 0.412. The largest absolute Gasteiger partial charge is 0.416 e. The predicted molar refractivity (Wildman–Crippen MR) is 90.6 cm³/mol. The van der Waals surface area contributed by atoms with E-state index in [2.05, 4.69) is 15.5 Å². The van der Waals surface area contributed by atoms with E-state index in [0.717, 1.165) is 12.8 Å². The molecule has 6 nitrogen and oxygen atoms in total. The maximum absolute atomic E-state index is 12.0. The van der Waals surface area contributed by atoms with Crippen molar-refractivity contribution in [2.75, 3.05) is 11.1 Å². The molecule has 2 aromatic rings. The lowest BCUT2D eigenvalue weighted by Crippen LogP contribution is -2.13. The molecule has 1 saturated carbocycles. The van der Waals surface area contributed by atoms with Crippen LogP contribution in [0.5, 0.6) is 0 Å².